The van der Waals surface area contributed by atoms with Crippen LogP contribution in [0, 0.1) is 0 Å². The molecule has 0 radical (unpaired) electrons. The van der Waals surface area contributed by atoms with E-state index in [1.165, 1.54) is 23.2 Å². The minimum atomic E-state index is -0.944. The predicted molar refractivity (Wildman–Crippen MR) is 55.8 cm³/mol. The summed E-state index contributed by atoms with van der Waals surface area (Å²) in [6.45, 7) is 2.00. The molecule has 0 bridgehead atoms. The monoisotopic (exact) mass is 226 g/mol. The Morgan fingerprint density at radius 2 is 2.44 bits per heavy atom. The van der Waals surface area contributed by atoms with Gasteiger partial charge in [-0.1, -0.05) is 0 Å². The van der Waals surface area contributed by atoms with Crippen molar-refractivity contribution in [1.29, 1.82) is 0 Å². The zero-order chi connectivity index (χ0) is 12.0. The van der Waals surface area contributed by atoms with E-state index in [2.05, 4.69) is 9.72 Å². The standard InChI is InChI=1S/C10H14N2O4/c1-2-16-10(15)5-8(13)6-12-7-11-4-3-9(12)14/h3-4,7-8,13H,2,5-6H2,1H3. The first-order chi connectivity index (χ1) is 7.63. The van der Waals surface area contributed by atoms with Crippen LogP contribution in [0.15, 0.2) is 23.4 Å². The van der Waals surface area contributed by atoms with Crippen molar-refractivity contribution in [3.8, 4) is 0 Å². The fourth-order valence-corrected chi connectivity index (χ4v) is 1.22. The fraction of sp³-hybridized carbons (Fsp3) is 0.500. The minimum absolute atomic E-state index is 0.0332. The first kappa shape index (κ1) is 12.4. The summed E-state index contributed by atoms with van der Waals surface area (Å²) in [7, 11) is 0. The molecule has 1 aromatic rings. The van der Waals surface area contributed by atoms with E-state index in [0.29, 0.717) is 0 Å². The minimum Gasteiger partial charge on any atom is -0.466 e. The molecule has 1 rings (SSSR count). The van der Waals surface area contributed by atoms with E-state index in [1.807, 2.05) is 0 Å². The normalized spacial score (nSPS) is 12.1. The Labute approximate surface area is 92.5 Å². The number of rotatable bonds is 5. The molecule has 0 fully saturated rings. The van der Waals surface area contributed by atoms with Crippen LogP contribution < -0.4 is 5.56 Å². The molecule has 0 aromatic carbocycles. The van der Waals surface area contributed by atoms with E-state index >= 15 is 0 Å². The Hall–Kier alpha value is -1.69. The van der Waals surface area contributed by atoms with Crippen LogP contribution in [-0.4, -0.2) is 33.3 Å². The maximum Gasteiger partial charge on any atom is 0.308 e. The predicted octanol–water partition coefficient (Wildman–Crippen LogP) is -0.443. The zero-order valence-electron chi connectivity index (χ0n) is 9.00. The molecule has 0 saturated carbocycles. The molecule has 0 aliphatic heterocycles. The van der Waals surface area contributed by atoms with Crippen molar-refractivity contribution >= 4 is 5.97 Å². The molecule has 88 valence electrons. The van der Waals surface area contributed by atoms with Gasteiger partial charge in [0.15, 0.2) is 0 Å². The van der Waals surface area contributed by atoms with Crippen LogP contribution in [0.25, 0.3) is 0 Å². The molecule has 1 unspecified atom stereocenters. The first-order valence-electron chi connectivity index (χ1n) is 4.97. The average molecular weight is 226 g/mol. The summed E-state index contributed by atoms with van der Waals surface area (Å²) < 4.78 is 5.92. The highest BCUT2D eigenvalue weighted by atomic mass is 16.5. The van der Waals surface area contributed by atoms with Crippen molar-refractivity contribution in [2.24, 2.45) is 0 Å². The van der Waals surface area contributed by atoms with Crippen molar-refractivity contribution in [3.63, 3.8) is 0 Å². The molecular weight excluding hydrogens is 212 g/mol. The molecule has 0 spiro atoms. The smallest absolute Gasteiger partial charge is 0.308 e. The number of aromatic nitrogens is 2. The number of hydrogen-bond acceptors (Lipinski definition) is 5. The van der Waals surface area contributed by atoms with Crippen molar-refractivity contribution in [3.05, 3.63) is 28.9 Å². The Kier molecular flexibility index (Phi) is 4.65. The van der Waals surface area contributed by atoms with Gasteiger partial charge >= 0.3 is 5.97 Å². The summed E-state index contributed by atoms with van der Waals surface area (Å²) >= 11 is 0. The van der Waals surface area contributed by atoms with Crippen molar-refractivity contribution < 1.29 is 14.6 Å². The molecule has 1 aromatic heterocycles. The number of aliphatic hydroxyl groups is 1. The van der Waals surface area contributed by atoms with E-state index in [9.17, 15) is 14.7 Å². The number of carbonyl (C=O) groups is 1. The molecule has 0 saturated heterocycles. The van der Waals surface area contributed by atoms with Gasteiger partial charge in [0.25, 0.3) is 5.56 Å². The quantitative estimate of drug-likeness (QED) is 0.688. The summed E-state index contributed by atoms with van der Waals surface area (Å²) in [5.41, 5.74) is -0.266. The lowest BCUT2D eigenvalue weighted by atomic mass is 10.2. The highest BCUT2D eigenvalue weighted by Gasteiger charge is 2.12. The van der Waals surface area contributed by atoms with Crippen LogP contribution in [0.5, 0.6) is 0 Å². The van der Waals surface area contributed by atoms with E-state index in [0.717, 1.165) is 0 Å². The highest BCUT2D eigenvalue weighted by molar-refractivity contribution is 5.69. The number of aliphatic hydroxyl groups excluding tert-OH is 1. The Morgan fingerprint density at radius 3 is 3.06 bits per heavy atom. The second-order valence-electron chi connectivity index (χ2n) is 3.23. The lowest BCUT2D eigenvalue weighted by Crippen LogP contribution is -2.28. The summed E-state index contributed by atoms with van der Waals surface area (Å²) in [5.74, 6) is -0.480. The van der Waals surface area contributed by atoms with Gasteiger partial charge in [-0.2, -0.15) is 0 Å². The summed E-state index contributed by atoms with van der Waals surface area (Å²) in [6, 6.07) is 1.29. The van der Waals surface area contributed by atoms with Gasteiger partial charge in [-0.25, -0.2) is 4.98 Å². The number of nitrogens with zero attached hydrogens (tertiary/aromatic N) is 2. The molecule has 0 amide bonds. The van der Waals surface area contributed by atoms with Gasteiger partial charge < -0.3 is 9.84 Å². The van der Waals surface area contributed by atoms with E-state index in [1.54, 1.807) is 6.92 Å². The topological polar surface area (TPSA) is 81.4 Å². The third kappa shape index (κ3) is 3.82. The van der Waals surface area contributed by atoms with Crippen LogP contribution in [0.3, 0.4) is 0 Å². The van der Waals surface area contributed by atoms with E-state index in [4.69, 9.17) is 0 Å². The number of carbonyl (C=O) groups excluding carboxylic acids is 1. The largest absolute Gasteiger partial charge is 0.466 e. The first-order valence-corrected chi connectivity index (χ1v) is 4.97. The Morgan fingerprint density at radius 1 is 1.69 bits per heavy atom. The number of esters is 1. The zero-order valence-corrected chi connectivity index (χ0v) is 9.00. The molecule has 6 heteroatoms. The fourth-order valence-electron chi connectivity index (χ4n) is 1.22. The summed E-state index contributed by atoms with van der Waals surface area (Å²) in [6.07, 6.45) is 1.61. The van der Waals surface area contributed by atoms with Crippen LogP contribution >= 0.6 is 0 Å². The Bertz CT molecular complexity index is 402. The van der Waals surface area contributed by atoms with Gasteiger partial charge in [0.05, 0.1) is 32.0 Å². The molecule has 0 aliphatic rings. The summed E-state index contributed by atoms with van der Waals surface area (Å²) in [5, 5.41) is 9.54. The molecule has 6 nitrogen and oxygen atoms in total. The SMILES string of the molecule is CCOC(=O)CC(O)Cn1cnccc1=O. The van der Waals surface area contributed by atoms with Crippen molar-refractivity contribution in [2.45, 2.75) is 26.0 Å². The Balaban J connectivity index is 2.52. The molecule has 0 aliphatic carbocycles. The summed E-state index contributed by atoms with van der Waals surface area (Å²) in [4.78, 5) is 26.1. The lowest BCUT2D eigenvalue weighted by Gasteiger charge is -2.10. The lowest BCUT2D eigenvalue weighted by molar-refractivity contribution is -0.145. The molecule has 1 atom stereocenters. The third-order valence-electron chi connectivity index (χ3n) is 1.91. The van der Waals surface area contributed by atoms with E-state index < -0.39 is 12.1 Å². The highest BCUT2D eigenvalue weighted by Crippen LogP contribution is 1.97. The second-order valence-corrected chi connectivity index (χ2v) is 3.23. The van der Waals surface area contributed by atoms with Gasteiger partial charge in [0.2, 0.25) is 0 Å². The average Bonchev–Trinajstić information content (AvgIpc) is 2.21. The number of hydrogen-bond donors (Lipinski definition) is 1. The number of ether oxygens (including phenoxy) is 1. The van der Waals surface area contributed by atoms with Crippen molar-refractivity contribution in [1.82, 2.24) is 9.55 Å². The van der Waals surface area contributed by atoms with Gasteiger partial charge in [0.1, 0.15) is 0 Å². The molecular formula is C10H14N2O4. The molecule has 1 N–H and O–H groups in total. The van der Waals surface area contributed by atoms with Crippen LogP contribution in [-0.2, 0) is 16.1 Å². The third-order valence-corrected chi connectivity index (χ3v) is 1.91. The van der Waals surface area contributed by atoms with Gasteiger partial charge in [-0.15, -0.1) is 0 Å². The van der Waals surface area contributed by atoms with Gasteiger partial charge in [-0.3, -0.25) is 14.2 Å². The van der Waals surface area contributed by atoms with Gasteiger partial charge in [-0.05, 0) is 6.92 Å². The van der Waals surface area contributed by atoms with Crippen molar-refractivity contribution in [2.75, 3.05) is 6.61 Å². The van der Waals surface area contributed by atoms with Crippen LogP contribution in [0.2, 0.25) is 0 Å². The molecule has 16 heavy (non-hydrogen) atoms. The second kappa shape index (κ2) is 6.02. The van der Waals surface area contributed by atoms with Gasteiger partial charge in [0, 0.05) is 12.3 Å². The molecule has 1 heterocycles. The van der Waals surface area contributed by atoms with E-state index in [-0.39, 0.29) is 25.1 Å². The maximum atomic E-state index is 11.3. The van der Waals surface area contributed by atoms with Crippen LogP contribution in [0.1, 0.15) is 13.3 Å². The maximum absolute atomic E-state index is 11.3. The van der Waals surface area contributed by atoms with Crippen LogP contribution in [0.4, 0.5) is 0 Å².